The number of hydrogen-bond donors (Lipinski definition) is 1. The lowest BCUT2D eigenvalue weighted by molar-refractivity contribution is -0.126. The minimum atomic E-state index is -0.732. The number of Topliss-reactive ketones (excluding diaryl/α,β-unsaturated/α-hetero) is 1. The minimum Gasteiger partial charge on any atom is -0.385 e. The normalized spacial score (nSPS) is 12.9. The fourth-order valence-electron chi connectivity index (χ4n) is 0.760. The quantitative estimate of drug-likeness (QED) is 0.686. The molecule has 0 aliphatic rings. The summed E-state index contributed by atoms with van der Waals surface area (Å²) < 4.78 is 0. The van der Waals surface area contributed by atoms with Crippen LogP contribution in [-0.2, 0) is 4.79 Å². The second kappa shape index (κ2) is 7.95. The third-order valence-electron chi connectivity index (χ3n) is 1.52. The van der Waals surface area contributed by atoms with E-state index in [1.807, 2.05) is 12.5 Å². The summed E-state index contributed by atoms with van der Waals surface area (Å²) in [6.45, 7) is 0. The first-order valence-electron chi connectivity index (χ1n) is 3.91. The van der Waals surface area contributed by atoms with Crippen LogP contribution < -0.4 is 0 Å². The highest BCUT2D eigenvalue weighted by atomic mass is 32.2. The number of carbonyl (C=O) groups is 1. The van der Waals surface area contributed by atoms with Gasteiger partial charge in [0.1, 0.15) is 6.10 Å². The molecule has 0 radical (unpaired) electrons. The van der Waals surface area contributed by atoms with Crippen LogP contribution in [0.15, 0.2) is 0 Å². The average molecular weight is 208 g/mol. The molecule has 12 heavy (non-hydrogen) atoms. The van der Waals surface area contributed by atoms with Crippen molar-refractivity contribution in [2.75, 3.05) is 24.0 Å². The summed E-state index contributed by atoms with van der Waals surface area (Å²) in [5.41, 5.74) is 0. The predicted octanol–water partition coefficient (Wildman–Crippen LogP) is 1.42. The first kappa shape index (κ1) is 12.3. The van der Waals surface area contributed by atoms with Crippen LogP contribution >= 0.6 is 23.5 Å². The molecule has 0 aromatic rings. The summed E-state index contributed by atoms with van der Waals surface area (Å²) in [4.78, 5) is 11.1. The molecule has 0 rings (SSSR count). The van der Waals surface area contributed by atoms with E-state index in [0.717, 1.165) is 11.5 Å². The van der Waals surface area contributed by atoms with E-state index in [1.54, 1.807) is 23.5 Å². The van der Waals surface area contributed by atoms with E-state index < -0.39 is 6.10 Å². The van der Waals surface area contributed by atoms with Crippen molar-refractivity contribution in [3.63, 3.8) is 0 Å². The molecule has 1 N–H and O–H groups in total. The molecule has 0 spiro atoms. The molecule has 0 aromatic carbocycles. The zero-order chi connectivity index (χ0) is 9.40. The summed E-state index contributed by atoms with van der Waals surface area (Å²) in [6.07, 6.45) is 4.29. The van der Waals surface area contributed by atoms with E-state index in [-0.39, 0.29) is 5.78 Å². The molecule has 0 aliphatic heterocycles. The molecule has 0 saturated heterocycles. The van der Waals surface area contributed by atoms with Crippen LogP contribution in [0, 0.1) is 0 Å². The Kier molecular flexibility index (Phi) is 8.17. The van der Waals surface area contributed by atoms with Gasteiger partial charge in [-0.1, -0.05) is 0 Å². The van der Waals surface area contributed by atoms with Crippen LogP contribution in [0.25, 0.3) is 0 Å². The van der Waals surface area contributed by atoms with Crippen LogP contribution in [0.1, 0.15) is 12.8 Å². The lowest BCUT2D eigenvalue weighted by Crippen LogP contribution is -2.21. The Bertz CT molecular complexity index is 128. The molecule has 2 nitrogen and oxygen atoms in total. The van der Waals surface area contributed by atoms with Crippen molar-refractivity contribution in [2.45, 2.75) is 18.9 Å². The van der Waals surface area contributed by atoms with Crippen molar-refractivity contribution in [3.05, 3.63) is 0 Å². The monoisotopic (exact) mass is 208 g/mol. The highest BCUT2D eigenvalue weighted by Crippen LogP contribution is 2.05. The predicted molar refractivity (Wildman–Crippen MR) is 57.0 cm³/mol. The van der Waals surface area contributed by atoms with Crippen molar-refractivity contribution in [2.24, 2.45) is 0 Å². The van der Waals surface area contributed by atoms with Gasteiger partial charge < -0.3 is 5.11 Å². The summed E-state index contributed by atoms with van der Waals surface area (Å²) >= 11 is 3.29. The van der Waals surface area contributed by atoms with Gasteiger partial charge in [-0.15, -0.1) is 0 Å². The SMILES string of the molecule is CSCCC(=O)C(O)CCSC. The summed E-state index contributed by atoms with van der Waals surface area (Å²) in [6, 6.07) is 0. The largest absolute Gasteiger partial charge is 0.385 e. The van der Waals surface area contributed by atoms with Crippen LogP contribution in [0.4, 0.5) is 0 Å². The maximum absolute atomic E-state index is 11.1. The molecular formula is C8H16O2S2. The maximum Gasteiger partial charge on any atom is 0.162 e. The molecule has 72 valence electrons. The Morgan fingerprint density at radius 2 is 1.92 bits per heavy atom. The second-order valence-electron chi connectivity index (χ2n) is 2.51. The molecule has 0 heterocycles. The van der Waals surface area contributed by atoms with E-state index in [4.69, 9.17) is 0 Å². The maximum atomic E-state index is 11.1. The number of aliphatic hydroxyl groups excluding tert-OH is 1. The molecule has 0 bridgehead atoms. The molecule has 4 heteroatoms. The number of hydrogen-bond acceptors (Lipinski definition) is 4. The molecule has 1 unspecified atom stereocenters. The molecule has 0 saturated carbocycles. The third-order valence-corrected chi connectivity index (χ3v) is 2.78. The van der Waals surface area contributed by atoms with Gasteiger partial charge in [-0.05, 0) is 30.4 Å². The number of rotatable bonds is 7. The highest BCUT2D eigenvalue weighted by Gasteiger charge is 2.12. The van der Waals surface area contributed by atoms with E-state index in [1.165, 1.54) is 0 Å². The number of thioether (sulfide) groups is 2. The molecule has 0 aromatic heterocycles. The standard InChI is InChI=1S/C8H16O2S2/c1-11-5-3-7(9)8(10)4-6-12-2/h7,9H,3-6H2,1-2H3. The van der Waals surface area contributed by atoms with Gasteiger partial charge in [-0.3, -0.25) is 4.79 Å². The Hall–Kier alpha value is 0.330. The van der Waals surface area contributed by atoms with Gasteiger partial charge in [0.2, 0.25) is 0 Å². The van der Waals surface area contributed by atoms with Crippen LogP contribution in [0.5, 0.6) is 0 Å². The molecule has 0 fully saturated rings. The van der Waals surface area contributed by atoms with Crippen LogP contribution in [0.2, 0.25) is 0 Å². The summed E-state index contributed by atoms with van der Waals surface area (Å²) in [5.74, 6) is 1.65. The Balaban J connectivity index is 3.47. The van der Waals surface area contributed by atoms with Gasteiger partial charge in [0.15, 0.2) is 5.78 Å². The van der Waals surface area contributed by atoms with E-state index >= 15 is 0 Å². The Labute approximate surface area is 82.5 Å². The van der Waals surface area contributed by atoms with E-state index in [2.05, 4.69) is 0 Å². The van der Waals surface area contributed by atoms with Gasteiger partial charge >= 0.3 is 0 Å². The first-order chi connectivity index (χ1) is 5.72. The van der Waals surface area contributed by atoms with Gasteiger partial charge in [0.25, 0.3) is 0 Å². The fraction of sp³-hybridized carbons (Fsp3) is 0.875. The van der Waals surface area contributed by atoms with E-state index in [9.17, 15) is 9.90 Å². The van der Waals surface area contributed by atoms with Gasteiger partial charge in [0, 0.05) is 6.42 Å². The van der Waals surface area contributed by atoms with Gasteiger partial charge in [0.05, 0.1) is 0 Å². The summed E-state index contributed by atoms with van der Waals surface area (Å²) in [7, 11) is 0. The topological polar surface area (TPSA) is 37.3 Å². The molecule has 1 atom stereocenters. The van der Waals surface area contributed by atoms with Crippen molar-refractivity contribution in [1.29, 1.82) is 0 Å². The lowest BCUT2D eigenvalue weighted by Gasteiger charge is -2.07. The average Bonchev–Trinajstić information content (AvgIpc) is 2.10. The zero-order valence-electron chi connectivity index (χ0n) is 7.58. The smallest absolute Gasteiger partial charge is 0.162 e. The first-order valence-corrected chi connectivity index (χ1v) is 6.69. The van der Waals surface area contributed by atoms with Crippen LogP contribution in [0.3, 0.4) is 0 Å². The number of aliphatic hydroxyl groups is 1. The Morgan fingerprint density at radius 3 is 2.42 bits per heavy atom. The van der Waals surface area contributed by atoms with Crippen molar-refractivity contribution in [3.8, 4) is 0 Å². The van der Waals surface area contributed by atoms with E-state index in [0.29, 0.717) is 12.8 Å². The Morgan fingerprint density at radius 1 is 1.33 bits per heavy atom. The third kappa shape index (κ3) is 5.91. The lowest BCUT2D eigenvalue weighted by atomic mass is 10.1. The van der Waals surface area contributed by atoms with Crippen LogP contribution in [-0.4, -0.2) is 41.0 Å². The second-order valence-corrected chi connectivity index (χ2v) is 4.48. The number of ketones is 1. The summed E-state index contributed by atoms with van der Waals surface area (Å²) in [5, 5.41) is 9.30. The van der Waals surface area contributed by atoms with Crippen molar-refractivity contribution < 1.29 is 9.90 Å². The van der Waals surface area contributed by atoms with Gasteiger partial charge in [-0.25, -0.2) is 0 Å². The molecule has 0 amide bonds. The van der Waals surface area contributed by atoms with Gasteiger partial charge in [-0.2, -0.15) is 23.5 Å². The zero-order valence-corrected chi connectivity index (χ0v) is 9.21. The minimum absolute atomic E-state index is 0.0154. The molecular weight excluding hydrogens is 192 g/mol. The van der Waals surface area contributed by atoms with Crippen molar-refractivity contribution in [1.82, 2.24) is 0 Å². The fourth-order valence-corrected chi connectivity index (χ4v) is 1.62. The molecule has 0 aliphatic carbocycles. The van der Waals surface area contributed by atoms with Crippen molar-refractivity contribution >= 4 is 29.3 Å². The highest BCUT2D eigenvalue weighted by molar-refractivity contribution is 7.98. The number of carbonyl (C=O) groups excluding carboxylic acids is 1.